The Hall–Kier alpha value is -3.68. The van der Waals surface area contributed by atoms with E-state index >= 15 is 0 Å². The summed E-state index contributed by atoms with van der Waals surface area (Å²) in [6, 6.07) is 13.3. The van der Waals surface area contributed by atoms with Crippen LogP contribution in [0.3, 0.4) is 0 Å². The second-order valence-corrected chi connectivity index (χ2v) is 15.1. The van der Waals surface area contributed by atoms with Gasteiger partial charge in [0.15, 0.2) is 0 Å². The summed E-state index contributed by atoms with van der Waals surface area (Å²) in [6.45, 7) is 12.4. The lowest BCUT2D eigenvalue weighted by Gasteiger charge is -2.39. The molecule has 2 bridgehead atoms. The zero-order valence-corrected chi connectivity index (χ0v) is 29.6. The molecule has 3 aromatic rings. The average Bonchev–Trinajstić information content (AvgIpc) is 3.81. The number of ether oxygens (including phenoxy) is 1. The van der Waals surface area contributed by atoms with Crippen LogP contribution in [0.15, 0.2) is 73.8 Å². The molecule has 3 fully saturated rings. The fourth-order valence-corrected chi connectivity index (χ4v) is 11.3. The largest absolute Gasteiger partial charge is 0.494 e. The van der Waals surface area contributed by atoms with Gasteiger partial charge in [-0.05, 0) is 56.2 Å². The molecule has 3 unspecified atom stereocenters. The van der Waals surface area contributed by atoms with E-state index in [2.05, 4.69) is 39.4 Å². The lowest BCUT2D eigenvalue weighted by molar-refractivity contribution is -0.146. The van der Waals surface area contributed by atoms with Crippen molar-refractivity contribution in [1.29, 1.82) is 0 Å². The SMILES string of the molecule is C=CCN(Cn1nnc2ccccc21)C(=O)C1N([C@@H](CC)CO)C(=O)[C@@H]2[C@@H](C(=O)N(CC=C)c3ccc(OCC)cc3)[C@@H]3SC12CC3Br. The van der Waals surface area contributed by atoms with Crippen molar-refractivity contribution in [3.63, 3.8) is 0 Å². The van der Waals surface area contributed by atoms with E-state index in [1.165, 1.54) is 0 Å². The third kappa shape index (κ3) is 5.63. The Kier molecular flexibility index (Phi) is 10.0. The van der Waals surface area contributed by atoms with Gasteiger partial charge < -0.3 is 24.5 Å². The number of rotatable bonds is 14. The number of anilines is 1. The monoisotopic (exact) mass is 736 g/mol. The summed E-state index contributed by atoms with van der Waals surface area (Å²) in [6.07, 6.45) is 4.30. The highest BCUT2D eigenvalue weighted by Gasteiger charge is 2.76. The van der Waals surface area contributed by atoms with Crippen LogP contribution in [-0.4, -0.2) is 101 Å². The molecular formula is C35H41BrN6O5S. The number of alkyl halides is 1. The van der Waals surface area contributed by atoms with Gasteiger partial charge >= 0.3 is 0 Å². The quantitative estimate of drug-likeness (QED) is 0.193. The molecule has 48 heavy (non-hydrogen) atoms. The Morgan fingerprint density at radius 3 is 2.54 bits per heavy atom. The van der Waals surface area contributed by atoms with Gasteiger partial charge in [-0.15, -0.1) is 30.0 Å². The molecule has 2 aromatic carbocycles. The van der Waals surface area contributed by atoms with Crippen LogP contribution in [0.5, 0.6) is 5.75 Å². The maximum Gasteiger partial charge on any atom is 0.248 e. The number of likely N-dealkylation sites (tertiary alicyclic amines) is 1. The summed E-state index contributed by atoms with van der Waals surface area (Å²) in [4.78, 5) is 49.1. The van der Waals surface area contributed by atoms with E-state index in [0.29, 0.717) is 36.4 Å². The number of fused-ring (bicyclic) bond motifs is 2. The third-order valence-electron chi connectivity index (χ3n) is 9.74. The van der Waals surface area contributed by atoms with Crippen LogP contribution < -0.4 is 9.64 Å². The Balaban J connectivity index is 1.39. The minimum atomic E-state index is -0.909. The van der Waals surface area contributed by atoms with Gasteiger partial charge in [0.2, 0.25) is 17.7 Å². The molecule has 0 radical (unpaired) electrons. The normalized spacial score (nSPS) is 26.4. The van der Waals surface area contributed by atoms with Gasteiger partial charge in [0.05, 0.1) is 41.4 Å². The Bertz CT molecular complexity index is 1700. The zero-order valence-electron chi connectivity index (χ0n) is 27.2. The van der Waals surface area contributed by atoms with Gasteiger partial charge in [0, 0.05) is 28.9 Å². The number of halogens is 1. The first kappa shape index (κ1) is 34.2. The summed E-state index contributed by atoms with van der Waals surface area (Å²) in [5, 5.41) is 18.9. The fourth-order valence-electron chi connectivity index (χ4n) is 7.69. The maximum absolute atomic E-state index is 14.9. The summed E-state index contributed by atoms with van der Waals surface area (Å²) >= 11 is 5.44. The number of thioether (sulfide) groups is 1. The minimum absolute atomic E-state index is 0.0968. The van der Waals surface area contributed by atoms with Crippen LogP contribution in [0.25, 0.3) is 11.0 Å². The topological polar surface area (TPSA) is 121 Å². The van der Waals surface area contributed by atoms with Gasteiger partial charge in [-0.3, -0.25) is 14.4 Å². The molecule has 1 N–H and O–H groups in total. The Morgan fingerprint density at radius 2 is 1.88 bits per heavy atom. The maximum atomic E-state index is 14.9. The summed E-state index contributed by atoms with van der Waals surface area (Å²) < 4.78 is 6.39. The third-order valence-corrected chi connectivity index (χ3v) is 13.0. The first-order chi connectivity index (χ1) is 23.2. The molecule has 3 aliphatic heterocycles. The number of aromatic nitrogens is 3. The number of aliphatic hydroxyl groups is 1. The van der Waals surface area contributed by atoms with Crippen LogP contribution in [0.1, 0.15) is 26.7 Å². The van der Waals surface area contributed by atoms with E-state index in [1.54, 1.807) is 43.3 Å². The van der Waals surface area contributed by atoms with Crippen molar-refractivity contribution in [3.05, 3.63) is 73.8 Å². The molecule has 0 aliphatic carbocycles. The van der Waals surface area contributed by atoms with Crippen molar-refractivity contribution in [3.8, 4) is 5.75 Å². The summed E-state index contributed by atoms with van der Waals surface area (Å²) in [7, 11) is 0. The summed E-state index contributed by atoms with van der Waals surface area (Å²) in [5.74, 6) is -1.48. The van der Waals surface area contributed by atoms with Crippen molar-refractivity contribution in [2.24, 2.45) is 11.8 Å². The van der Waals surface area contributed by atoms with Gasteiger partial charge in [-0.1, -0.05) is 52.4 Å². The first-order valence-electron chi connectivity index (χ1n) is 16.3. The molecule has 1 spiro atoms. The number of amides is 3. The molecule has 7 atom stereocenters. The molecular weight excluding hydrogens is 696 g/mol. The van der Waals surface area contributed by atoms with Crippen molar-refractivity contribution >= 4 is 62.1 Å². The molecule has 0 saturated carbocycles. The van der Waals surface area contributed by atoms with Gasteiger partial charge in [0.25, 0.3) is 0 Å². The van der Waals surface area contributed by atoms with Crippen LogP contribution in [0.4, 0.5) is 5.69 Å². The van der Waals surface area contributed by atoms with E-state index in [9.17, 15) is 19.5 Å². The van der Waals surface area contributed by atoms with E-state index in [4.69, 9.17) is 4.74 Å². The van der Waals surface area contributed by atoms with Crippen molar-refractivity contribution < 1.29 is 24.2 Å². The predicted octanol–water partition coefficient (Wildman–Crippen LogP) is 4.26. The molecule has 254 valence electrons. The van der Waals surface area contributed by atoms with E-state index in [0.717, 1.165) is 5.52 Å². The number of carbonyl (C=O) groups is 3. The molecule has 6 rings (SSSR count). The predicted molar refractivity (Wildman–Crippen MR) is 190 cm³/mol. The van der Waals surface area contributed by atoms with Crippen molar-refractivity contribution in [1.82, 2.24) is 24.8 Å². The van der Waals surface area contributed by atoms with E-state index in [1.807, 2.05) is 62.4 Å². The highest BCUT2D eigenvalue weighted by Crippen LogP contribution is 2.68. The lowest BCUT2D eigenvalue weighted by Crippen LogP contribution is -2.58. The van der Waals surface area contributed by atoms with Gasteiger partial charge in [-0.2, -0.15) is 0 Å². The Morgan fingerprint density at radius 1 is 1.15 bits per heavy atom. The molecule has 3 saturated heterocycles. The second-order valence-electron chi connectivity index (χ2n) is 12.4. The van der Waals surface area contributed by atoms with E-state index < -0.39 is 28.7 Å². The average molecular weight is 738 g/mol. The first-order valence-corrected chi connectivity index (χ1v) is 18.1. The fraction of sp³-hybridized carbons (Fsp3) is 0.457. The van der Waals surface area contributed by atoms with Gasteiger partial charge in [0.1, 0.15) is 24.0 Å². The molecule has 4 heterocycles. The van der Waals surface area contributed by atoms with Crippen molar-refractivity contribution in [2.45, 2.75) is 60.3 Å². The van der Waals surface area contributed by atoms with Gasteiger partial charge in [-0.25, -0.2) is 4.68 Å². The molecule has 13 heteroatoms. The van der Waals surface area contributed by atoms with Crippen LogP contribution in [-0.2, 0) is 21.1 Å². The Labute approximate surface area is 293 Å². The van der Waals surface area contributed by atoms with Crippen LogP contribution >= 0.6 is 27.7 Å². The molecule has 11 nitrogen and oxygen atoms in total. The smallest absolute Gasteiger partial charge is 0.248 e. The highest BCUT2D eigenvalue weighted by atomic mass is 79.9. The molecule has 1 aromatic heterocycles. The number of aliphatic hydroxyl groups excluding tert-OH is 1. The zero-order chi connectivity index (χ0) is 34.2. The van der Waals surface area contributed by atoms with Crippen LogP contribution in [0, 0.1) is 11.8 Å². The number of hydrogen-bond acceptors (Lipinski definition) is 8. The molecule has 3 amide bonds. The van der Waals surface area contributed by atoms with Crippen molar-refractivity contribution in [2.75, 3.05) is 31.2 Å². The number of nitrogens with zero attached hydrogens (tertiary/aromatic N) is 6. The number of para-hydroxylation sites is 1. The number of hydrogen-bond donors (Lipinski definition) is 1. The standard InChI is InChI=1S/C35H41BrN6O5S/c1-5-17-39(21-41-27-12-10-9-11-26(27)37-38-41)34(46)31-35-19-25(36)30(48-35)28(29(35)33(45)42(31)22(7-3)20-43)32(44)40(18-6-2)23-13-15-24(16-14-23)47-8-4/h5-6,9-16,22,25,28-31,43H,1-2,7-8,17-21H2,3-4H3/t22-,25?,28+,29-,30+,31?,35?/m0/s1. The minimum Gasteiger partial charge on any atom is -0.494 e. The van der Waals surface area contributed by atoms with Crippen LogP contribution in [0.2, 0.25) is 0 Å². The number of carbonyl (C=O) groups excluding carboxylic acids is 3. The molecule has 3 aliphatic rings. The lowest BCUT2D eigenvalue weighted by atomic mass is 9.70. The number of benzene rings is 2. The van der Waals surface area contributed by atoms with E-state index in [-0.39, 0.29) is 54.2 Å². The summed E-state index contributed by atoms with van der Waals surface area (Å²) in [5.41, 5.74) is 2.15. The second kappa shape index (κ2) is 14.0. The highest BCUT2D eigenvalue weighted by molar-refractivity contribution is 9.09.